The van der Waals surface area contributed by atoms with E-state index in [0.29, 0.717) is 12.4 Å². The number of nitrogens with zero attached hydrogens (tertiary/aromatic N) is 4. The average Bonchev–Trinajstić information content (AvgIpc) is 2.79. The van der Waals surface area contributed by atoms with Crippen LogP contribution in [0.15, 0.2) is 73.1 Å². The van der Waals surface area contributed by atoms with E-state index in [1.54, 1.807) is 0 Å². The van der Waals surface area contributed by atoms with E-state index < -0.39 is 0 Å². The number of aromatic nitrogens is 2. The van der Waals surface area contributed by atoms with Crippen LogP contribution in [0.25, 0.3) is 0 Å². The van der Waals surface area contributed by atoms with E-state index in [0.717, 1.165) is 37.6 Å². The molecule has 2 N–H and O–H groups in total. The fraction of sp³-hybridized carbons (Fsp3) is 0.227. The van der Waals surface area contributed by atoms with Crippen LogP contribution in [0.3, 0.4) is 0 Å². The molecule has 1 aliphatic heterocycles. The number of piperazine rings is 1. The van der Waals surface area contributed by atoms with Gasteiger partial charge in [-0.25, -0.2) is 14.8 Å². The zero-order valence-electron chi connectivity index (χ0n) is 16.2. The topological polar surface area (TPSA) is 73.4 Å². The second-order valence-electron chi connectivity index (χ2n) is 6.86. The summed E-state index contributed by atoms with van der Waals surface area (Å²) in [5, 5.41) is 5.63. The van der Waals surface area contributed by atoms with E-state index in [9.17, 15) is 4.79 Å². The molecule has 148 valence electrons. The molecule has 29 heavy (non-hydrogen) atoms. The zero-order valence-corrected chi connectivity index (χ0v) is 16.2. The highest BCUT2D eigenvalue weighted by molar-refractivity contribution is 5.88. The number of anilines is 3. The lowest BCUT2D eigenvalue weighted by atomic mass is 10.2. The summed E-state index contributed by atoms with van der Waals surface area (Å²) in [6.45, 7) is 4.05. The van der Waals surface area contributed by atoms with Gasteiger partial charge < -0.3 is 15.1 Å². The molecule has 1 saturated heterocycles. The average molecular weight is 388 g/mol. The molecule has 7 heteroatoms. The SMILES string of the molecule is O=C(NCc1ccccc1)Nc1cc(N2CCN(c3ccccc3)CC2)ncn1. The van der Waals surface area contributed by atoms with Gasteiger partial charge in [0.1, 0.15) is 18.0 Å². The van der Waals surface area contributed by atoms with Crippen LogP contribution < -0.4 is 20.4 Å². The summed E-state index contributed by atoms with van der Waals surface area (Å²) in [5.74, 6) is 1.32. The molecule has 7 nitrogen and oxygen atoms in total. The normalized spacial score (nSPS) is 13.8. The highest BCUT2D eigenvalue weighted by Gasteiger charge is 2.18. The van der Waals surface area contributed by atoms with Gasteiger partial charge in [-0.2, -0.15) is 0 Å². The van der Waals surface area contributed by atoms with Crippen LogP contribution in [0.5, 0.6) is 0 Å². The molecule has 0 aliphatic carbocycles. The number of nitrogens with one attached hydrogen (secondary N) is 2. The first-order valence-corrected chi connectivity index (χ1v) is 9.74. The molecule has 0 atom stereocenters. The molecule has 1 aliphatic rings. The van der Waals surface area contributed by atoms with Gasteiger partial charge in [-0.3, -0.25) is 5.32 Å². The largest absolute Gasteiger partial charge is 0.368 e. The fourth-order valence-corrected chi connectivity index (χ4v) is 3.36. The van der Waals surface area contributed by atoms with Gasteiger partial charge in [0.05, 0.1) is 0 Å². The first kappa shape index (κ1) is 18.7. The van der Waals surface area contributed by atoms with E-state index in [1.807, 2.05) is 42.5 Å². The maximum atomic E-state index is 12.2. The zero-order chi connectivity index (χ0) is 19.9. The van der Waals surface area contributed by atoms with Crippen molar-refractivity contribution in [2.24, 2.45) is 0 Å². The van der Waals surface area contributed by atoms with Crippen molar-refractivity contribution in [2.75, 3.05) is 41.3 Å². The molecular weight excluding hydrogens is 364 g/mol. The highest BCUT2D eigenvalue weighted by Crippen LogP contribution is 2.20. The standard InChI is InChI=1S/C22H24N6O/c29-22(23-16-18-7-3-1-4-8-18)26-20-15-21(25-17-24-20)28-13-11-27(12-14-28)19-9-5-2-6-10-19/h1-10,15,17H,11-14,16H2,(H2,23,24,25,26,29). The third kappa shape index (κ3) is 5.01. The second kappa shape index (κ2) is 9.05. The van der Waals surface area contributed by atoms with Gasteiger partial charge >= 0.3 is 6.03 Å². The second-order valence-corrected chi connectivity index (χ2v) is 6.86. The molecule has 0 saturated carbocycles. The van der Waals surface area contributed by atoms with Gasteiger partial charge in [0.2, 0.25) is 0 Å². The minimum absolute atomic E-state index is 0.285. The Labute approximate surface area is 170 Å². The van der Waals surface area contributed by atoms with Crippen molar-refractivity contribution in [3.05, 3.63) is 78.6 Å². The predicted octanol–water partition coefficient (Wildman–Crippen LogP) is 3.12. The summed E-state index contributed by atoms with van der Waals surface area (Å²) in [7, 11) is 0. The van der Waals surface area contributed by atoms with Crippen molar-refractivity contribution in [1.82, 2.24) is 15.3 Å². The predicted molar refractivity (Wildman–Crippen MR) is 115 cm³/mol. The lowest BCUT2D eigenvalue weighted by Crippen LogP contribution is -2.46. The maximum Gasteiger partial charge on any atom is 0.320 e. The van der Waals surface area contributed by atoms with Gasteiger partial charge in [0, 0.05) is 44.5 Å². The monoisotopic (exact) mass is 388 g/mol. The lowest BCUT2D eigenvalue weighted by molar-refractivity contribution is 0.251. The minimum Gasteiger partial charge on any atom is -0.368 e. The molecule has 2 heterocycles. The van der Waals surface area contributed by atoms with Crippen molar-refractivity contribution in [1.29, 1.82) is 0 Å². The summed E-state index contributed by atoms with van der Waals surface area (Å²) >= 11 is 0. The van der Waals surface area contributed by atoms with Crippen molar-refractivity contribution < 1.29 is 4.79 Å². The van der Waals surface area contributed by atoms with Crippen molar-refractivity contribution >= 4 is 23.4 Å². The molecule has 0 spiro atoms. The number of rotatable bonds is 5. The van der Waals surface area contributed by atoms with Gasteiger partial charge in [-0.1, -0.05) is 48.5 Å². The molecular formula is C22H24N6O. The summed E-state index contributed by atoms with van der Waals surface area (Å²) in [6, 6.07) is 21.7. The maximum absolute atomic E-state index is 12.2. The number of urea groups is 1. The summed E-state index contributed by atoms with van der Waals surface area (Å²) < 4.78 is 0. The van der Waals surface area contributed by atoms with E-state index >= 15 is 0 Å². The van der Waals surface area contributed by atoms with Crippen molar-refractivity contribution in [2.45, 2.75) is 6.54 Å². The summed E-state index contributed by atoms with van der Waals surface area (Å²) in [6.07, 6.45) is 1.49. The van der Waals surface area contributed by atoms with E-state index in [1.165, 1.54) is 12.0 Å². The third-order valence-corrected chi connectivity index (χ3v) is 4.92. The molecule has 1 aromatic heterocycles. The highest BCUT2D eigenvalue weighted by atomic mass is 16.2. The van der Waals surface area contributed by atoms with Gasteiger partial charge in [-0.05, 0) is 17.7 Å². The quantitative estimate of drug-likeness (QED) is 0.703. The van der Waals surface area contributed by atoms with Crippen LogP contribution in [-0.2, 0) is 6.54 Å². The van der Waals surface area contributed by atoms with Crippen LogP contribution in [0, 0.1) is 0 Å². The lowest BCUT2D eigenvalue weighted by Gasteiger charge is -2.36. The molecule has 1 fully saturated rings. The van der Waals surface area contributed by atoms with Crippen molar-refractivity contribution in [3.8, 4) is 0 Å². The van der Waals surface area contributed by atoms with Crippen LogP contribution in [-0.4, -0.2) is 42.2 Å². The van der Waals surface area contributed by atoms with E-state index in [-0.39, 0.29) is 6.03 Å². The number of hydrogen-bond acceptors (Lipinski definition) is 5. The van der Waals surface area contributed by atoms with Crippen LogP contribution in [0.2, 0.25) is 0 Å². The Hall–Kier alpha value is -3.61. The summed E-state index contributed by atoms with van der Waals surface area (Å²) in [5.41, 5.74) is 2.29. The number of para-hydroxylation sites is 1. The molecule has 2 aromatic carbocycles. The Morgan fingerprint density at radius 2 is 1.52 bits per heavy atom. The first-order chi connectivity index (χ1) is 14.3. The number of hydrogen-bond donors (Lipinski definition) is 2. The Balaban J connectivity index is 1.31. The van der Waals surface area contributed by atoms with Crippen molar-refractivity contribution in [3.63, 3.8) is 0 Å². The third-order valence-electron chi connectivity index (χ3n) is 4.92. The van der Waals surface area contributed by atoms with E-state index in [2.05, 4.69) is 54.7 Å². The summed E-state index contributed by atoms with van der Waals surface area (Å²) in [4.78, 5) is 25.3. The molecule has 0 radical (unpaired) electrons. The number of amides is 2. The smallest absolute Gasteiger partial charge is 0.320 e. The molecule has 4 rings (SSSR count). The van der Waals surface area contributed by atoms with E-state index in [4.69, 9.17) is 0 Å². The molecule has 3 aromatic rings. The Kier molecular flexibility index (Phi) is 5.85. The minimum atomic E-state index is -0.285. The number of carbonyl (C=O) groups excluding carboxylic acids is 1. The van der Waals surface area contributed by atoms with Gasteiger partial charge in [-0.15, -0.1) is 0 Å². The van der Waals surface area contributed by atoms with Crippen LogP contribution in [0.1, 0.15) is 5.56 Å². The molecule has 0 bridgehead atoms. The van der Waals surface area contributed by atoms with Gasteiger partial charge in [0.15, 0.2) is 0 Å². The first-order valence-electron chi connectivity index (χ1n) is 9.74. The fourth-order valence-electron chi connectivity index (χ4n) is 3.36. The van der Waals surface area contributed by atoms with Crippen LogP contribution >= 0.6 is 0 Å². The van der Waals surface area contributed by atoms with Crippen LogP contribution in [0.4, 0.5) is 22.1 Å². The Morgan fingerprint density at radius 1 is 0.862 bits per heavy atom. The van der Waals surface area contributed by atoms with Gasteiger partial charge in [0.25, 0.3) is 0 Å². The molecule has 0 unspecified atom stereocenters. The Morgan fingerprint density at radius 3 is 2.24 bits per heavy atom. The number of carbonyl (C=O) groups is 1. The number of benzene rings is 2. The molecule has 2 amide bonds. The Bertz CT molecular complexity index is 926.